The van der Waals surface area contributed by atoms with E-state index in [1.807, 2.05) is 11.0 Å². The molecule has 4 rings (SSSR count). The summed E-state index contributed by atoms with van der Waals surface area (Å²) in [7, 11) is 0. The molecular weight excluding hydrogens is 302 g/mol. The molecule has 0 spiro atoms. The molecule has 1 aromatic heterocycles. The van der Waals surface area contributed by atoms with Crippen molar-refractivity contribution in [2.24, 2.45) is 11.8 Å². The normalized spacial score (nSPS) is 33.3. The molecule has 4 atom stereocenters. The van der Waals surface area contributed by atoms with Gasteiger partial charge in [0.1, 0.15) is 0 Å². The number of likely N-dealkylation sites (tertiary alicyclic amines) is 1. The molecule has 1 N–H and O–H groups in total. The number of halogens is 1. The van der Waals surface area contributed by atoms with E-state index >= 15 is 0 Å². The van der Waals surface area contributed by atoms with Crippen LogP contribution in [0.1, 0.15) is 30.7 Å². The summed E-state index contributed by atoms with van der Waals surface area (Å²) in [5.41, 5.74) is 1.03. The number of nitrogens with zero attached hydrogens (tertiary/aromatic N) is 2. The average Bonchev–Trinajstić information content (AvgIpc) is 3.18. The third-order valence-electron chi connectivity index (χ3n) is 5.15. The zero-order valence-corrected chi connectivity index (χ0v) is 12.9. The van der Waals surface area contributed by atoms with Crippen molar-refractivity contribution in [2.45, 2.75) is 31.2 Å². The maximum atomic E-state index is 12.7. The van der Waals surface area contributed by atoms with E-state index in [4.69, 9.17) is 11.6 Å². The highest BCUT2D eigenvalue weighted by Gasteiger charge is 2.49. The molecule has 1 aromatic rings. The highest BCUT2D eigenvalue weighted by Crippen LogP contribution is 2.50. The van der Waals surface area contributed by atoms with Crippen molar-refractivity contribution in [2.75, 3.05) is 13.1 Å². The molecule has 2 unspecified atom stereocenters. The second kappa shape index (κ2) is 5.23. The molecule has 3 heterocycles. The fourth-order valence-electron chi connectivity index (χ4n) is 3.84. The summed E-state index contributed by atoms with van der Waals surface area (Å²) < 4.78 is 0. The number of nitrogens with one attached hydrogen (secondary N) is 1. The number of carbonyl (C=O) groups is 2. The van der Waals surface area contributed by atoms with Crippen LogP contribution >= 0.6 is 11.6 Å². The van der Waals surface area contributed by atoms with Crippen LogP contribution in [0.25, 0.3) is 0 Å². The lowest BCUT2D eigenvalue weighted by Crippen LogP contribution is -2.44. The fourth-order valence-corrected chi connectivity index (χ4v) is 4.10. The molecule has 2 saturated heterocycles. The molecule has 116 valence electrons. The van der Waals surface area contributed by atoms with Gasteiger partial charge in [-0.3, -0.25) is 14.6 Å². The van der Waals surface area contributed by atoms with Gasteiger partial charge in [0.2, 0.25) is 11.8 Å². The van der Waals surface area contributed by atoms with Gasteiger partial charge in [-0.05, 0) is 36.3 Å². The molecule has 0 bridgehead atoms. The largest absolute Gasteiger partial charge is 0.351 e. The van der Waals surface area contributed by atoms with Gasteiger partial charge in [-0.15, -0.1) is 0 Å². The van der Waals surface area contributed by atoms with Crippen LogP contribution in [0.4, 0.5) is 0 Å². The Hall–Kier alpha value is -1.62. The fraction of sp³-hybridized carbons (Fsp3) is 0.562. The second-order valence-electron chi connectivity index (χ2n) is 6.56. The SMILES string of the molecule is O=C1CCC2CN(C(=O)[C@@H]3C[C@H]3c3ccncc3Cl)CC2N1. The zero-order valence-electron chi connectivity index (χ0n) is 12.2. The Balaban J connectivity index is 1.42. The van der Waals surface area contributed by atoms with Gasteiger partial charge in [0.15, 0.2) is 0 Å². The van der Waals surface area contributed by atoms with Gasteiger partial charge < -0.3 is 10.2 Å². The molecule has 0 radical (unpaired) electrons. The van der Waals surface area contributed by atoms with Crippen LogP contribution in [0, 0.1) is 11.8 Å². The van der Waals surface area contributed by atoms with E-state index in [1.54, 1.807) is 12.4 Å². The van der Waals surface area contributed by atoms with Crippen molar-refractivity contribution in [3.05, 3.63) is 29.0 Å². The first-order chi connectivity index (χ1) is 10.6. The molecule has 6 heteroatoms. The van der Waals surface area contributed by atoms with E-state index in [9.17, 15) is 9.59 Å². The minimum atomic E-state index is 0.0377. The standard InChI is InChI=1S/C16H18ClN3O2/c17-13-6-18-4-3-10(13)11-5-12(11)16(22)20-7-9-1-2-15(21)19-14(9)8-20/h3-4,6,9,11-12,14H,1-2,5,7-8H2,(H,19,21)/t9?,11-,12+,14?/m0/s1. The number of fused-ring (bicyclic) bond motifs is 1. The highest BCUT2D eigenvalue weighted by atomic mass is 35.5. The topological polar surface area (TPSA) is 62.3 Å². The van der Waals surface area contributed by atoms with Crippen LogP contribution in [0.5, 0.6) is 0 Å². The summed E-state index contributed by atoms with van der Waals surface area (Å²) in [6.07, 6.45) is 5.70. The summed E-state index contributed by atoms with van der Waals surface area (Å²) in [6.45, 7) is 1.43. The van der Waals surface area contributed by atoms with Crippen molar-refractivity contribution < 1.29 is 9.59 Å². The molecule has 22 heavy (non-hydrogen) atoms. The maximum Gasteiger partial charge on any atom is 0.226 e. The monoisotopic (exact) mass is 319 g/mol. The van der Waals surface area contributed by atoms with Crippen molar-refractivity contribution >= 4 is 23.4 Å². The number of aromatic nitrogens is 1. The van der Waals surface area contributed by atoms with Crippen LogP contribution in [-0.4, -0.2) is 40.8 Å². The lowest BCUT2D eigenvalue weighted by atomic mass is 9.94. The first-order valence-corrected chi connectivity index (χ1v) is 8.19. The quantitative estimate of drug-likeness (QED) is 0.900. The number of piperidine rings is 1. The van der Waals surface area contributed by atoms with Crippen molar-refractivity contribution in [3.8, 4) is 0 Å². The van der Waals surface area contributed by atoms with Crippen LogP contribution in [0.3, 0.4) is 0 Å². The molecule has 5 nitrogen and oxygen atoms in total. The van der Waals surface area contributed by atoms with Crippen LogP contribution in [0.15, 0.2) is 18.5 Å². The molecule has 1 saturated carbocycles. The Labute approximate surface area is 134 Å². The lowest BCUT2D eigenvalue weighted by Gasteiger charge is -2.24. The third-order valence-corrected chi connectivity index (χ3v) is 5.47. The van der Waals surface area contributed by atoms with Gasteiger partial charge in [0, 0.05) is 37.8 Å². The van der Waals surface area contributed by atoms with Gasteiger partial charge >= 0.3 is 0 Å². The van der Waals surface area contributed by atoms with Crippen LogP contribution in [-0.2, 0) is 9.59 Å². The van der Waals surface area contributed by atoms with E-state index in [-0.39, 0.29) is 29.7 Å². The summed E-state index contributed by atoms with van der Waals surface area (Å²) in [4.78, 5) is 30.1. The lowest BCUT2D eigenvalue weighted by molar-refractivity contribution is -0.132. The van der Waals surface area contributed by atoms with E-state index in [2.05, 4.69) is 10.3 Å². The first-order valence-electron chi connectivity index (χ1n) is 7.81. The first kappa shape index (κ1) is 14.0. The Bertz CT molecular complexity index is 636. The van der Waals surface area contributed by atoms with Gasteiger partial charge in [0.05, 0.1) is 11.1 Å². The van der Waals surface area contributed by atoms with Crippen LogP contribution in [0.2, 0.25) is 5.02 Å². The molecule has 2 aliphatic heterocycles. The Kier molecular flexibility index (Phi) is 3.33. The summed E-state index contributed by atoms with van der Waals surface area (Å²) in [5.74, 6) is 1.00. The number of pyridine rings is 1. The second-order valence-corrected chi connectivity index (χ2v) is 6.97. The van der Waals surface area contributed by atoms with Gasteiger partial charge in [-0.1, -0.05) is 11.6 Å². The molecule has 0 aromatic carbocycles. The predicted octanol–water partition coefficient (Wildman–Crippen LogP) is 1.58. The third kappa shape index (κ3) is 2.37. The summed E-state index contributed by atoms with van der Waals surface area (Å²) >= 11 is 6.17. The molecule has 1 aliphatic carbocycles. The average molecular weight is 320 g/mol. The number of amides is 2. The Morgan fingerprint density at radius 1 is 1.41 bits per heavy atom. The maximum absolute atomic E-state index is 12.7. The van der Waals surface area contributed by atoms with E-state index in [1.165, 1.54) is 0 Å². The van der Waals surface area contributed by atoms with Crippen molar-refractivity contribution in [1.82, 2.24) is 15.2 Å². The van der Waals surface area contributed by atoms with Crippen molar-refractivity contribution in [1.29, 1.82) is 0 Å². The highest BCUT2D eigenvalue weighted by molar-refractivity contribution is 6.31. The summed E-state index contributed by atoms with van der Waals surface area (Å²) in [5, 5.41) is 3.66. The van der Waals surface area contributed by atoms with E-state index in [0.717, 1.165) is 24.9 Å². The number of hydrogen-bond acceptors (Lipinski definition) is 3. The van der Waals surface area contributed by atoms with E-state index in [0.29, 0.717) is 23.9 Å². The Morgan fingerprint density at radius 3 is 3.09 bits per heavy atom. The molecular formula is C16H18ClN3O2. The van der Waals surface area contributed by atoms with Gasteiger partial charge in [-0.25, -0.2) is 0 Å². The molecule has 2 amide bonds. The molecule has 3 fully saturated rings. The Morgan fingerprint density at radius 2 is 2.27 bits per heavy atom. The van der Waals surface area contributed by atoms with Crippen LogP contribution < -0.4 is 5.32 Å². The van der Waals surface area contributed by atoms with Gasteiger partial charge in [0.25, 0.3) is 0 Å². The minimum Gasteiger partial charge on any atom is -0.351 e. The number of carbonyl (C=O) groups excluding carboxylic acids is 2. The summed E-state index contributed by atoms with van der Waals surface area (Å²) in [6, 6.07) is 2.05. The smallest absolute Gasteiger partial charge is 0.226 e. The van der Waals surface area contributed by atoms with E-state index < -0.39 is 0 Å². The van der Waals surface area contributed by atoms with Gasteiger partial charge in [-0.2, -0.15) is 0 Å². The predicted molar refractivity (Wildman–Crippen MR) is 81.3 cm³/mol. The number of hydrogen-bond donors (Lipinski definition) is 1. The minimum absolute atomic E-state index is 0.0377. The van der Waals surface area contributed by atoms with Crippen molar-refractivity contribution in [3.63, 3.8) is 0 Å². The number of rotatable bonds is 2. The molecule has 3 aliphatic rings. The zero-order chi connectivity index (χ0) is 15.3.